The molecule has 68 valence electrons. The smallest absolute Gasteiger partial charge is 0.337 e. The third-order valence-electron chi connectivity index (χ3n) is 1.67. The Bertz CT molecular complexity index is 374. The lowest BCUT2D eigenvalue weighted by atomic mass is 10.1. The Balaban J connectivity index is 3.44. The standard InChI is InChI=1S/C9H8INO2/c1-2-5-7(10)4-3-6(8(5)11)9(12)13/h2-4H,1,11H2,(H,12,13). The third-order valence-corrected chi connectivity index (χ3v) is 2.61. The van der Waals surface area contributed by atoms with E-state index in [0.717, 1.165) is 3.57 Å². The highest BCUT2D eigenvalue weighted by Gasteiger charge is 2.11. The molecule has 1 aromatic rings. The van der Waals surface area contributed by atoms with Crippen molar-refractivity contribution >= 4 is 40.3 Å². The molecule has 0 fully saturated rings. The van der Waals surface area contributed by atoms with Crippen LogP contribution in [0.15, 0.2) is 18.7 Å². The number of hydrogen-bond donors (Lipinski definition) is 2. The van der Waals surface area contributed by atoms with Crippen LogP contribution in [0, 0.1) is 3.57 Å². The fraction of sp³-hybridized carbons (Fsp3) is 0. The van der Waals surface area contributed by atoms with Crippen LogP contribution in [0.4, 0.5) is 5.69 Å². The summed E-state index contributed by atoms with van der Waals surface area (Å²) in [5, 5.41) is 8.76. The molecule has 0 aliphatic heterocycles. The number of nitrogen functional groups attached to an aromatic ring is 1. The lowest BCUT2D eigenvalue weighted by Gasteiger charge is -2.06. The molecule has 0 aromatic heterocycles. The quantitative estimate of drug-likeness (QED) is 0.648. The third kappa shape index (κ3) is 1.82. The average Bonchev–Trinajstić information content (AvgIpc) is 2.04. The van der Waals surface area contributed by atoms with Crippen LogP contribution in [0.5, 0.6) is 0 Å². The molecule has 0 atom stereocenters. The summed E-state index contributed by atoms with van der Waals surface area (Å²) in [6, 6.07) is 3.20. The zero-order valence-electron chi connectivity index (χ0n) is 6.75. The van der Waals surface area contributed by atoms with Gasteiger partial charge in [0, 0.05) is 9.13 Å². The van der Waals surface area contributed by atoms with E-state index in [9.17, 15) is 4.79 Å². The summed E-state index contributed by atoms with van der Waals surface area (Å²) in [7, 11) is 0. The van der Waals surface area contributed by atoms with E-state index in [4.69, 9.17) is 10.8 Å². The van der Waals surface area contributed by atoms with E-state index in [-0.39, 0.29) is 11.3 Å². The Kier molecular flexibility index (Phi) is 2.92. The Labute approximate surface area is 89.4 Å². The second-order valence-corrected chi connectivity index (χ2v) is 3.59. The van der Waals surface area contributed by atoms with Crippen LogP contribution < -0.4 is 5.73 Å². The molecule has 3 nitrogen and oxygen atoms in total. The fourth-order valence-electron chi connectivity index (χ4n) is 1.00. The van der Waals surface area contributed by atoms with E-state index >= 15 is 0 Å². The van der Waals surface area contributed by atoms with E-state index in [1.807, 2.05) is 0 Å². The van der Waals surface area contributed by atoms with Gasteiger partial charge in [0.25, 0.3) is 0 Å². The first-order valence-electron chi connectivity index (χ1n) is 3.51. The van der Waals surface area contributed by atoms with Crippen molar-refractivity contribution in [2.45, 2.75) is 0 Å². The Morgan fingerprint density at radius 3 is 2.69 bits per heavy atom. The van der Waals surface area contributed by atoms with Crippen LogP contribution in [-0.2, 0) is 0 Å². The molecule has 0 spiro atoms. The molecule has 0 bridgehead atoms. The SMILES string of the molecule is C=Cc1c(I)ccc(C(=O)O)c1N. The van der Waals surface area contributed by atoms with Crippen molar-refractivity contribution in [2.75, 3.05) is 5.73 Å². The van der Waals surface area contributed by atoms with Gasteiger partial charge in [0.05, 0.1) is 11.3 Å². The minimum Gasteiger partial charge on any atom is -0.478 e. The number of carboxylic acids is 1. The van der Waals surface area contributed by atoms with Crippen molar-refractivity contribution in [2.24, 2.45) is 0 Å². The molecule has 0 heterocycles. The van der Waals surface area contributed by atoms with Crippen LogP contribution in [0.3, 0.4) is 0 Å². The van der Waals surface area contributed by atoms with Crippen molar-refractivity contribution < 1.29 is 9.90 Å². The second kappa shape index (κ2) is 3.78. The van der Waals surface area contributed by atoms with Crippen molar-refractivity contribution in [3.63, 3.8) is 0 Å². The molecule has 0 saturated heterocycles. The van der Waals surface area contributed by atoms with Crippen LogP contribution >= 0.6 is 22.6 Å². The molecule has 0 aliphatic rings. The highest BCUT2D eigenvalue weighted by Crippen LogP contribution is 2.24. The first-order valence-corrected chi connectivity index (χ1v) is 4.59. The van der Waals surface area contributed by atoms with Crippen molar-refractivity contribution in [3.8, 4) is 0 Å². The van der Waals surface area contributed by atoms with Crippen LogP contribution in [0.2, 0.25) is 0 Å². The summed E-state index contributed by atoms with van der Waals surface area (Å²) in [4.78, 5) is 10.7. The van der Waals surface area contributed by atoms with Gasteiger partial charge in [-0.05, 0) is 34.7 Å². The highest BCUT2D eigenvalue weighted by atomic mass is 127. The predicted octanol–water partition coefficient (Wildman–Crippen LogP) is 2.21. The number of carboxylic acid groups (broad SMARTS) is 1. The largest absolute Gasteiger partial charge is 0.478 e. The number of nitrogens with two attached hydrogens (primary N) is 1. The summed E-state index contributed by atoms with van der Waals surface area (Å²) < 4.78 is 0.898. The molecule has 13 heavy (non-hydrogen) atoms. The van der Waals surface area contributed by atoms with E-state index in [1.165, 1.54) is 6.07 Å². The zero-order valence-corrected chi connectivity index (χ0v) is 8.91. The normalized spacial score (nSPS) is 9.62. The minimum absolute atomic E-state index is 0.121. The van der Waals surface area contributed by atoms with E-state index in [0.29, 0.717) is 5.56 Å². The van der Waals surface area contributed by atoms with E-state index in [1.54, 1.807) is 12.1 Å². The minimum atomic E-state index is -1.02. The summed E-state index contributed by atoms with van der Waals surface area (Å²) in [5.74, 6) is -1.02. The van der Waals surface area contributed by atoms with Gasteiger partial charge in [0.2, 0.25) is 0 Å². The molecule has 3 N–H and O–H groups in total. The molecule has 0 saturated carbocycles. The molecule has 0 amide bonds. The van der Waals surface area contributed by atoms with Gasteiger partial charge in [-0.15, -0.1) is 0 Å². The van der Waals surface area contributed by atoms with Gasteiger partial charge in [-0.2, -0.15) is 0 Å². The number of rotatable bonds is 2. The molecule has 0 unspecified atom stereocenters. The van der Waals surface area contributed by atoms with E-state index in [2.05, 4.69) is 29.2 Å². The molecular weight excluding hydrogens is 281 g/mol. The fourth-order valence-corrected chi connectivity index (χ4v) is 1.69. The van der Waals surface area contributed by atoms with Crippen molar-refractivity contribution in [1.29, 1.82) is 0 Å². The van der Waals surface area contributed by atoms with Crippen molar-refractivity contribution in [1.82, 2.24) is 0 Å². The second-order valence-electron chi connectivity index (χ2n) is 2.43. The van der Waals surface area contributed by atoms with Crippen LogP contribution in [0.25, 0.3) is 6.08 Å². The number of hydrogen-bond acceptors (Lipinski definition) is 2. The van der Waals surface area contributed by atoms with Gasteiger partial charge >= 0.3 is 5.97 Å². The average molecular weight is 289 g/mol. The number of halogens is 1. The lowest BCUT2D eigenvalue weighted by molar-refractivity contribution is 0.0698. The molecule has 4 heteroatoms. The van der Waals surface area contributed by atoms with E-state index < -0.39 is 5.97 Å². The Hall–Kier alpha value is -1.04. The summed E-state index contributed by atoms with van der Waals surface area (Å²) >= 11 is 2.08. The summed E-state index contributed by atoms with van der Waals surface area (Å²) in [6.07, 6.45) is 1.56. The molecule has 1 rings (SSSR count). The van der Waals surface area contributed by atoms with Gasteiger partial charge in [-0.3, -0.25) is 0 Å². The monoisotopic (exact) mass is 289 g/mol. The zero-order chi connectivity index (χ0) is 10.0. The maximum atomic E-state index is 10.7. The first kappa shape index (κ1) is 10.0. The maximum Gasteiger partial charge on any atom is 0.337 e. The number of anilines is 1. The first-order chi connectivity index (χ1) is 6.07. The summed E-state index contributed by atoms with van der Waals surface area (Å²) in [5.41, 5.74) is 6.71. The maximum absolute atomic E-state index is 10.7. The number of carbonyl (C=O) groups is 1. The molecule has 0 aliphatic carbocycles. The molecular formula is C9H8INO2. The van der Waals surface area contributed by atoms with Gasteiger partial charge in [-0.1, -0.05) is 12.7 Å². The van der Waals surface area contributed by atoms with Gasteiger partial charge in [-0.25, -0.2) is 4.79 Å². The highest BCUT2D eigenvalue weighted by molar-refractivity contribution is 14.1. The predicted molar refractivity (Wildman–Crippen MR) is 60.6 cm³/mol. The lowest BCUT2D eigenvalue weighted by Crippen LogP contribution is -2.04. The molecule has 1 aromatic carbocycles. The molecule has 0 radical (unpaired) electrons. The topological polar surface area (TPSA) is 63.3 Å². The number of aromatic carboxylic acids is 1. The van der Waals surface area contributed by atoms with Crippen LogP contribution in [0.1, 0.15) is 15.9 Å². The summed E-state index contributed by atoms with van der Waals surface area (Å²) in [6.45, 7) is 3.58. The Morgan fingerprint density at radius 2 is 2.23 bits per heavy atom. The number of benzene rings is 1. The van der Waals surface area contributed by atoms with Gasteiger partial charge in [0.15, 0.2) is 0 Å². The van der Waals surface area contributed by atoms with Gasteiger partial charge < -0.3 is 10.8 Å². The van der Waals surface area contributed by atoms with Crippen LogP contribution in [-0.4, -0.2) is 11.1 Å². The van der Waals surface area contributed by atoms with Crippen molar-refractivity contribution in [3.05, 3.63) is 33.4 Å². The Morgan fingerprint density at radius 1 is 1.62 bits per heavy atom. The van der Waals surface area contributed by atoms with Gasteiger partial charge in [0.1, 0.15) is 0 Å².